The minimum Gasteiger partial charge on any atom is -0.353 e. The molecule has 5 aliphatic rings. The van der Waals surface area contributed by atoms with Crippen LogP contribution in [0, 0.1) is 0 Å². The number of nitrogens with zero attached hydrogens (tertiary/aromatic N) is 3. The normalized spacial score (nSPS) is 35.1. The number of thioether (sulfide) groups is 1. The molecule has 0 aliphatic carbocycles. The number of carbonyl (C=O) groups is 3. The predicted octanol–water partition coefficient (Wildman–Crippen LogP) is -0.0365. The van der Waals surface area contributed by atoms with E-state index >= 15 is 0 Å². The maximum atomic E-state index is 13.0. The second-order valence-corrected chi connectivity index (χ2v) is 11.8. The van der Waals surface area contributed by atoms with E-state index in [1.807, 2.05) is 4.90 Å². The number of fused-ring (bicyclic) bond motifs is 1. The number of piperidine rings is 1. The van der Waals surface area contributed by atoms with Crippen LogP contribution in [0.3, 0.4) is 0 Å². The van der Waals surface area contributed by atoms with Crippen LogP contribution in [0.1, 0.15) is 51.4 Å². The number of carbonyl (C=O) groups excluding carboxylic acids is 3. The lowest BCUT2D eigenvalue weighted by molar-refractivity contribution is -0.134. The Bertz CT molecular complexity index is 749. The average Bonchev–Trinajstić information content (AvgIpc) is 3.55. The summed E-state index contributed by atoms with van der Waals surface area (Å²) in [7, 11) is 0. The van der Waals surface area contributed by atoms with Crippen molar-refractivity contribution in [2.45, 2.75) is 80.9 Å². The second-order valence-electron chi connectivity index (χ2n) is 10.5. The molecule has 10 heteroatoms. The zero-order valence-electron chi connectivity index (χ0n) is 20.2. The SMILES string of the molecule is O=C(N[C@H]1C[C@H]2C(=O)NC[C@@H](CCC(=O)N3CCN(C4CCCCN4)CC3)N2C1)C1CCCS1. The van der Waals surface area contributed by atoms with E-state index in [0.717, 1.165) is 57.7 Å². The average molecular weight is 493 g/mol. The highest BCUT2D eigenvalue weighted by Gasteiger charge is 2.44. The van der Waals surface area contributed by atoms with Crippen molar-refractivity contribution in [3.8, 4) is 0 Å². The van der Waals surface area contributed by atoms with Crippen LogP contribution in [-0.4, -0.2) is 114 Å². The van der Waals surface area contributed by atoms with Gasteiger partial charge in [0.2, 0.25) is 17.7 Å². The van der Waals surface area contributed by atoms with Gasteiger partial charge in [-0.05, 0) is 57.2 Å². The Morgan fingerprint density at radius 2 is 1.94 bits per heavy atom. The summed E-state index contributed by atoms with van der Waals surface area (Å²) in [5, 5.41) is 9.92. The first-order valence-corrected chi connectivity index (χ1v) is 14.3. The fraction of sp³-hybridized carbons (Fsp3) is 0.875. The van der Waals surface area contributed by atoms with Gasteiger partial charge in [0, 0.05) is 57.8 Å². The maximum absolute atomic E-state index is 13.0. The molecule has 3 amide bonds. The van der Waals surface area contributed by atoms with E-state index in [1.54, 1.807) is 11.8 Å². The summed E-state index contributed by atoms with van der Waals surface area (Å²) >= 11 is 1.74. The molecule has 0 saturated carbocycles. The first-order chi connectivity index (χ1) is 16.6. The molecule has 5 rings (SSSR count). The Morgan fingerprint density at radius 3 is 2.68 bits per heavy atom. The van der Waals surface area contributed by atoms with Crippen LogP contribution in [0.4, 0.5) is 0 Å². The van der Waals surface area contributed by atoms with Crippen molar-refractivity contribution in [3.63, 3.8) is 0 Å². The first kappa shape index (κ1) is 24.3. The van der Waals surface area contributed by atoms with Gasteiger partial charge in [-0.15, -0.1) is 11.8 Å². The molecule has 190 valence electrons. The van der Waals surface area contributed by atoms with Gasteiger partial charge >= 0.3 is 0 Å². The molecule has 0 bridgehead atoms. The number of amides is 3. The summed E-state index contributed by atoms with van der Waals surface area (Å²) in [5.74, 6) is 1.47. The Morgan fingerprint density at radius 1 is 1.09 bits per heavy atom. The van der Waals surface area contributed by atoms with Gasteiger partial charge in [-0.2, -0.15) is 0 Å². The van der Waals surface area contributed by atoms with E-state index in [9.17, 15) is 14.4 Å². The summed E-state index contributed by atoms with van der Waals surface area (Å²) in [6.45, 7) is 5.88. The zero-order chi connectivity index (χ0) is 23.5. The Balaban J connectivity index is 1.08. The second kappa shape index (κ2) is 11.1. The van der Waals surface area contributed by atoms with Crippen molar-refractivity contribution >= 4 is 29.5 Å². The van der Waals surface area contributed by atoms with Gasteiger partial charge in [0.05, 0.1) is 17.5 Å². The smallest absolute Gasteiger partial charge is 0.237 e. The molecular formula is C24H40N6O3S. The van der Waals surface area contributed by atoms with Gasteiger partial charge < -0.3 is 20.9 Å². The molecule has 0 aromatic rings. The Hall–Kier alpha value is -1.36. The molecular weight excluding hydrogens is 452 g/mol. The van der Waals surface area contributed by atoms with Crippen molar-refractivity contribution in [1.82, 2.24) is 30.7 Å². The van der Waals surface area contributed by atoms with Crippen LogP contribution in [0.25, 0.3) is 0 Å². The molecule has 2 unspecified atom stereocenters. The van der Waals surface area contributed by atoms with E-state index in [4.69, 9.17) is 0 Å². The molecule has 0 aromatic heterocycles. The Labute approximate surface area is 207 Å². The van der Waals surface area contributed by atoms with Gasteiger partial charge in [-0.1, -0.05) is 0 Å². The van der Waals surface area contributed by atoms with Crippen LogP contribution in [0.15, 0.2) is 0 Å². The van der Waals surface area contributed by atoms with Crippen LogP contribution in [0.5, 0.6) is 0 Å². The molecule has 0 spiro atoms. The van der Waals surface area contributed by atoms with E-state index < -0.39 is 0 Å². The van der Waals surface area contributed by atoms with Crippen molar-refractivity contribution in [3.05, 3.63) is 0 Å². The van der Waals surface area contributed by atoms with E-state index in [-0.39, 0.29) is 41.1 Å². The number of rotatable bonds is 6. The molecule has 5 fully saturated rings. The lowest BCUT2D eigenvalue weighted by Crippen LogP contribution is -2.58. The lowest BCUT2D eigenvalue weighted by atomic mass is 10.0. The molecule has 0 radical (unpaired) electrons. The number of piperazine rings is 2. The van der Waals surface area contributed by atoms with Crippen LogP contribution in [-0.2, 0) is 14.4 Å². The standard InChI is InChI=1S/C24H40N6O3S/c31-22(29-11-9-28(10-12-29)21-5-1-2-8-25-21)7-6-18-15-26-23(32)19-14-17(16-30(18)19)27-24(33)20-4-3-13-34-20/h17-21,25H,1-16H2,(H,26,32)(H,27,33)/t17-,18+,19-,20?,21?/m0/s1. The van der Waals surface area contributed by atoms with Gasteiger partial charge in [0.15, 0.2) is 0 Å². The van der Waals surface area contributed by atoms with Crippen LogP contribution < -0.4 is 16.0 Å². The van der Waals surface area contributed by atoms with Gasteiger partial charge in [-0.3, -0.25) is 24.2 Å². The first-order valence-electron chi connectivity index (χ1n) is 13.3. The monoisotopic (exact) mass is 492 g/mol. The third-order valence-corrected chi connectivity index (χ3v) is 9.65. The van der Waals surface area contributed by atoms with Crippen molar-refractivity contribution in [1.29, 1.82) is 0 Å². The largest absolute Gasteiger partial charge is 0.353 e. The van der Waals surface area contributed by atoms with Gasteiger partial charge in [-0.25, -0.2) is 0 Å². The Kier molecular flexibility index (Phi) is 7.97. The quantitative estimate of drug-likeness (QED) is 0.479. The zero-order valence-corrected chi connectivity index (χ0v) is 21.0. The third kappa shape index (κ3) is 5.55. The molecule has 9 nitrogen and oxygen atoms in total. The van der Waals surface area contributed by atoms with Crippen LogP contribution in [0.2, 0.25) is 0 Å². The van der Waals surface area contributed by atoms with Gasteiger partial charge in [0.1, 0.15) is 0 Å². The predicted molar refractivity (Wildman–Crippen MR) is 132 cm³/mol. The summed E-state index contributed by atoms with van der Waals surface area (Å²) in [6.07, 6.45) is 8.22. The molecule has 3 N–H and O–H groups in total. The fourth-order valence-corrected chi connectivity index (χ4v) is 7.47. The molecule has 34 heavy (non-hydrogen) atoms. The number of hydrogen-bond donors (Lipinski definition) is 3. The third-order valence-electron chi connectivity index (χ3n) is 8.27. The summed E-state index contributed by atoms with van der Waals surface area (Å²) in [4.78, 5) is 44.8. The molecule has 5 aliphatic heterocycles. The van der Waals surface area contributed by atoms with Crippen molar-refractivity contribution < 1.29 is 14.4 Å². The highest BCUT2D eigenvalue weighted by atomic mass is 32.2. The maximum Gasteiger partial charge on any atom is 0.237 e. The molecule has 5 heterocycles. The van der Waals surface area contributed by atoms with E-state index in [1.165, 1.54) is 19.3 Å². The highest BCUT2D eigenvalue weighted by Crippen LogP contribution is 2.29. The van der Waals surface area contributed by atoms with Crippen molar-refractivity contribution in [2.24, 2.45) is 0 Å². The minimum absolute atomic E-state index is 0.0159. The lowest BCUT2D eigenvalue weighted by Gasteiger charge is -2.41. The van der Waals surface area contributed by atoms with Gasteiger partial charge in [0.25, 0.3) is 0 Å². The summed E-state index contributed by atoms with van der Waals surface area (Å²) < 4.78 is 0. The van der Waals surface area contributed by atoms with E-state index in [0.29, 0.717) is 32.1 Å². The number of nitrogens with one attached hydrogen (secondary N) is 3. The summed E-state index contributed by atoms with van der Waals surface area (Å²) in [5.41, 5.74) is 0. The molecule has 0 aromatic carbocycles. The highest BCUT2D eigenvalue weighted by molar-refractivity contribution is 8.00. The molecule has 5 saturated heterocycles. The fourth-order valence-electron chi connectivity index (χ4n) is 6.30. The summed E-state index contributed by atoms with van der Waals surface area (Å²) in [6, 6.07) is -0.0220. The van der Waals surface area contributed by atoms with E-state index in [2.05, 4.69) is 25.8 Å². The number of hydrogen-bond acceptors (Lipinski definition) is 7. The van der Waals surface area contributed by atoms with Crippen LogP contribution >= 0.6 is 11.8 Å². The topological polar surface area (TPSA) is 97.0 Å². The molecule has 5 atom stereocenters. The minimum atomic E-state index is -0.193. The van der Waals surface area contributed by atoms with Crippen molar-refractivity contribution in [2.75, 3.05) is 51.6 Å².